The molecule has 2 heterocycles. The van der Waals surface area contributed by atoms with Crippen LogP contribution in [0.15, 0.2) is 28.7 Å². The molecule has 2 heteroatoms. The third-order valence-electron chi connectivity index (χ3n) is 2.68. The van der Waals surface area contributed by atoms with Crippen LogP contribution in [-0.2, 0) is 11.2 Å². The van der Waals surface area contributed by atoms with Gasteiger partial charge in [0.2, 0.25) is 0 Å². The van der Waals surface area contributed by atoms with Crippen molar-refractivity contribution >= 4 is 11.0 Å². The fourth-order valence-electron chi connectivity index (χ4n) is 1.79. The van der Waals surface area contributed by atoms with Crippen molar-refractivity contribution < 1.29 is 9.15 Å². The lowest BCUT2D eigenvalue weighted by Gasteiger charge is -1.95. The van der Waals surface area contributed by atoms with Crippen LogP contribution in [0.25, 0.3) is 11.0 Å². The predicted octanol–water partition coefficient (Wildman–Crippen LogP) is 3.07. The van der Waals surface area contributed by atoms with Crippen LogP contribution < -0.4 is 0 Å². The first-order chi connectivity index (χ1) is 6.88. The zero-order chi connectivity index (χ0) is 9.54. The Morgan fingerprint density at radius 1 is 1.43 bits per heavy atom. The molecule has 0 saturated carbocycles. The van der Waals surface area contributed by atoms with Gasteiger partial charge in [0.05, 0.1) is 6.61 Å². The minimum Gasteiger partial charge on any atom is -0.458 e. The Morgan fingerprint density at radius 3 is 3.00 bits per heavy atom. The maximum absolute atomic E-state index is 5.79. The highest BCUT2D eigenvalue weighted by atomic mass is 16.6. The summed E-state index contributed by atoms with van der Waals surface area (Å²) in [4.78, 5) is 0. The lowest BCUT2D eigenvalue weighted by molar-refractivity contribution is 0.378. The summed E-state index contributed by atoms with van der Waals surface area (Å²) >= 11 is 0. The van der Waals surface area contributed by atoms with E-state index in [2.05, 4.69) is 31.2 Å². The van der Waals surface area contributed by atoms with Crippen molar-refractivity contribution in [1.82, 2.24) is 0 Å². The number of ether oxygens (including phenoxy) is 1. The summed E-state index contributed by atoms with van der Waals surface area (Å²) < 4.78 is 11.0. The molecule has 3 rings (SSSR count). The molecule has 1 aliphatic rings. The monoisotopic (exact) mass is 188 g/mol. The molecule has 0 N–H and O–H groups in total. The molecule has 1 aliphatic heterocycles. The number of fused-ring (bicyclic) bond motifs is 1. The molecule has 2 aromatic rings. The molecule has 1 atom stereocenters. The maximum Gasteiger partial charge on any atom is 0.139 e. The summed E-state index contributed by atoms with van der Waals surface area (Å²) in [6.45, 7) is 2.95. The average Bonchev–Trinajstić information content (AvgIpc) is 2.97. The van der Waals surface area contributed by atoms with Gasteiger partial charge in [0.25, 0.3) is 0 Å². The first kappa shape index (κ1) is 8.06. The number of para-hydroxylation sites is 1. The van der Waals surface area contributed by atoms with Gasteiger partial charge in [0.15, 0.2) is 0 Å². The van der Waals surface area contributed by atoms with Crippen LogP contribution in [-0.4, -0.2) is 6.61 Å². The van der Waals surface area contributed by atoms with Crippen molar-refractivity contribution in [3.8, 4) is 0 Å². The first-order valence-electron chi connectivity index (χ1n) is 5.01. The van der Waals surface area contributed by atoms with Crippen LogP contribution in [0.2, 0.25) is 0 Å². The van der Waals surface area contributed by atoms with Gasteiger partial charge in [0.1, 0.15) is 17.4 Å². The Kier molecular flexibility index (Phi) is 1.64. The first-order valence-corrected chi connectivity index (χ1v) is 5.01. The molecule has 1 aromatic heterocycles. The van der Waals surface area contributed by atoms with E-state index in [1.54, 1.807) is 0 Å². The van der Waals surface area contributed by atoms with Gasteiger partial charge < -0.3 is 9.15 Å². The largest absolute Gasteiger partial charge is 0.458 e. The summed E-state index contributed by atoms with van der Waals surface area (Å²) in [6.07, 6.45) is 1.22. The van der Waals surface area contributed by atoms with E-state index >= 15 is 0 Å². The fourth-order valence-corrected chi connectivity index (χ4v) is 1.79. The Hall–Kier alpha value is -1.28. The zero-order valence-electron chi connectivity index (χ0n) is 8.12. The van der Waals surface area contributed by atoms with Crippen molar-refractivity contribution in [1.29, 1.82) is 0 Å². The minimum absolute atomic E-state index is 0.215. The summed E-state index contributed by atoms with van der Waals surface area (Å²) in [5.41, 5.74) is 2.30. The molecule has 0 radical (unpaired) electrons. The zero-order valence-corrected chi connectivity index (χ0v) is 8.12. The third-order valence-corrected chi connectivity index (χ3v) is 2.68. The Balaban J connectivity index is 2.20. The van der Waals surface area contributed by atoms with Crippen LogP contribution in [0.3, 0.4) is 0 Å². The van der Waals surface area contributed by atoms with Crippen molar-refractivity contribution in [2.45, 2.75) is 19.4 Å². The lowest BCUT2D eigenvalue weighted by atomic mass is 10.1. The molecule has 0 bridgehead atoms. The standard InChI is InChI=1S/C12H12O2/c1-2-8-4-3-5-9-6-10(11-7-13-11)14-12(8)9/h3-6,11H,2,7H2,1H3. The third kappa shape index (κ3) is 1.15. The van der Waals surface area contributed by atoms with Gasteiger partial charge in [-0.1, -0.05) is 25.1 Å². The Morgan fingerprint density at radius 2 is 2.29 bits per heavy atom. The lowest BCUT2D eigenvalue weighted by Crippen LogP contribution is -1.78. The van der Waals surface area contributed by atoms with Crippen LogP contribution in [0.5, 0.6) is 0 Å². The molecular weight excluding hydrogens is 176 g/mol. The highest BCUT2D eigenvalue weighted by molar-refractivity contribution is 5.81. The average molecular weight is 188 g/mol. The summed E-state index contributed by atoms with van der Waals surface area (Å²) in [5, 5.41) is 1.19. The van der Waals surface area contributed by atoms with E-state index in [0.29, 0.717) is 0 Å². The number of rotatable bonds is 2. The van der Waals surface area contributed by atoms with Gasteiger partial charge in [-0.25, -0.2) is 0 Å². The minimum atomic E-state index is 0.215. The van der Waals surface area contributed by atoms with Gasteiger partial charge in [-0.3, -0.25) is 0 Å². The maximum atomic E-state index is 5.79. The molecule has 0 spiro atoms. The smallest absolute Gasteiger partial charge is 0.139 e. The molecule has 14 heavy (non-hydrogen) atoms. The van der Waals surface area contributed by atoms with E-state index in [9.17, 15) is 0 Å². The van der Waals surface area contributed by atoms with Crippen LogP contribution in [0, 0.1) is 0 Å². The van der Waals surface area contributed by atoms with Crippen LogP contribution in [0.4, 0.5) is 0 Å². The number of hydrogen-bond acceptors (Lipinski definition) is 2. The molecule has 0 aliphatic carbocycles. The number of furan rings is 1. The highest BCUT2D eigenvalue weighted by Gasteiger charge is 2.28. The second-order valence-electron chi connectivity index (χ2n) is 3.66. The predicted molar refractivity (Wildman–Crippen MR) is 54.3 cm³/mol. The number of epoxide rings is 1. The van der Waals surface area contributed by atoms with E-state index in [0.717, 1.165) is 24.4 Å². The van der Waals surface area contributed by atoms with E-state index < -0.39 is 0 Å². The topological polar surface area (TPSA) is 25.7 Å². The van der Waals surface area contributed by atoms with Crippen molar-refractivity contribution in [3.05, 3.63) is 35.6 Å². The van der Waals surface area contributed by atoms with Gasteiger partial charge in [-0.2, -0.15) is 0 Å². The molecule has 1 aromatic carbocycles. The molecule has 1 unspecified atom stereocenters. The summed E-state index contributed by atoms with van der Waals surface area (Å²) in [7, 11) is 0. The molecule has 72 valence electrons. The van der Waals surface area contributed by atoms with Gasteiger partial charge in [-0.15, -0.1) is 0 Å². The van der Waals surface area contributed by atoms with Crippen molar-refractivity contribution in [2.75, 3.05) is 6.61 Å². The van der Waals surface area contributed by atoms with Crippen molar-refractivity contribution in [3.63, 3.8) is 0 Å². The van der Waals surface area contributed by atoms with Gasteiger partial charge in [-0.05, 0) is 18.1 Å². The van der Waals surface area contributed by atoms with Gasteiger partial charge in [0, 0.05) is 5.39 Å². The quantitative estimate of drug-likeness (QED) is 0.677. The second-order valence-corrected chi connectivity index (χ2v) is 3.66. The second kappa shape index (κ2) is 2.85. The highest BCUT2D eigenvalue weighted by Crippen LogP contribution is 2.34. The van der Waals surface area contributed by atoms with Crippen LogP contribution in [0.1, 0.15) is 24.4 Å². The fraction of sp³-hybridized carbons (Fsp3) is 0.333. The number of aryl methyl sites for hydroxylation is 1. The van der Waals surface area contributed by atoms with E-state index in [4.69, 9.17) is 9.15 Å². The van der Waals surface area contributed by atoms with Crippen molar-refractivity contribution in [2.24, 2.45) is 0 Å². The molecule has 1 fully saturated rings. The van der Waals surface area contributed by atoms with Crippen LogP contribution >= 0.6 is 0 Å². The van der Waals surface area contributed by atoms with E-state index in [1.807, 2.05) is 0 Å². The number of hydrogen-bond donors (Lipinski definition) is 0. The Bertz CT molecular complexity index is 466. The molecule has 1 saturated heterocycles. The molecular formula is C12H12O2. The van der Waals surface area contributed by atoms with Gasteiger partial charge >= 0.3 is 0 Å². The SMILES string of the molecule is CCc1cccc2cc(C3CO3)oc12. The summed E-state index contributed by atoms with van der Waals surface area (Å²) in [6, 6.07) is 8.37. The molecule has 2 nitrogen and oxygen atoms in total. The normalized spacial score (nSPS) is 20.2. The van der Waals surface area contributed by atoms with E-state index in [1.165, 1.54) is 10.9 Å². The van der Waals surface area contributed by atoms with E-state index in [-0.39, 0.29) is 6.10 Å². The summed E-state index contributed by atoms with van der Waals surface area (Å²) in [5.74, 6) is 0.973. The Labute approximate surface area is 82.5 Å². The number of benzene rings is 1. The molecule has 0 amide bonds.